The van der Waals surface area contributed by atoms with Gasteiger partial charge in [-0.1, -0.05) is 6.92 Å². The maximum Gasteiger partial charge on any atom is 0.313 e. The van der Waals surface area contributed by atoms with E-state index < -0.39 is 11.4 Å². The van der Waals surface area contributed by atoms with Crippen LogP contribution in [0, 0.1) is 5.41 Å². The highest BCUT2D eigenvalue weighted by molar-refractivity contribution is 5.94. The minimum absolute atomic E-state index is 0.0912. The number of carbonyl (C=O) groups is 2. The maximum absolute atomic E-state index is 10.9. The molecule has 0 heterocycles. The highest BCUT2D eigenvalue weighted by Gasteiger charge is 2.24. The molecule has 0 unspecified atom stereocenters. The summed E-state index contributed by atoms with van der Waals surface area (Å²) in [4.78, 5) is 21.4. The van der Waals surface area contributed by atoms with Crippen LogP contribution in [0.1, 0.15) is 20.3 Å². The van der Waals surface area contributed by atoms with Gasteiger partial charge in [0, 0.05) is 5.41 Å². The summed E-state index contributed by atoms with van der Waals surface area (Å²) in [7, 11) is 0. The van der Waals surface area contributed by atoms with Crippen molar-refractivity contribution in [2.45, 2.75) is 20.3 Å². The second-order valence-electron chi connectivity index (χ2n) is 3.67. The molecule has 82 valence electrons. The van der Waals surface area contributed by atoms with Crippen molar-refractivity contribution in [2.24, 2.45) is 5.41 Å². The molecule has 0 saturated heterocycles. The van der Waals surface area contributed by atoms with E-state index in [1.807, 2.05) is 0 Å². The van der Waals surface area contributed by atoms with Gasteiger partial charge in [0.05, 0.1) is 13.2 Å². The van der Waals surface area contributed by atoms with E-state index in [9.17, 15) is 9.59 Å². The molecule has 2 N–H and O–H groups in total. The van der Waals surface area contributed by atoms with Crippen molar-refractivity contribution in [3.05, 3.63) is 0 Å². The molecule has 5 heteroatoms. The molecule has 0 spiro atoms. The van der Waals surface area contributed by atoms with Crippen LogP contribution in [-0.4, -0.2) is 41.8 Å². The number of Topliss-reactive ketones (excluding diaryl/α,β-unsaturated/α-hetero) is 1. The summed E-state index contributed by atoms with van der Waals surface area (Å²) in [6.07, 6.45) is -0.271. The molecule has 0 bridgehead atoms. The van der Waals surface area contributed by atoms with E-state index in [0.29, 0.717) is 0 Å². The Kier molecular flexibility index (Phi) is 5.34. The molecule has 0 aromatic rings. The average molecular weight is 204 g/mol. The van der Waals surface area contributed by atoms with Gasteiger partial charge in [-0.2, -0.15) is 0 Å². The standard InChI is InChI=1S/C9H16O5/c1-7(12)3-8(13)14-6-9(2,4-10)5-11/h10-11H,3-6H2,1-2H3. The molecule has 0 amide bonds. The van der Waals surface area contributed by atoms with E-state index >= 15 is 0 Å². The monoisotopic (exact) mass is 204 g/mol. The summed E-state index contributed by atoms with van der Waals surface area (Å²) in [6, 6.07) is 0. The van der Waals surface area contributed by atoms with E-state index in [-0.39, 0.29) is 32.0 Å². The van der Waals surface area contributed by atoms with Gasteiger partial charge in [-0.3, -0.25) is 9.59 Å². The van der Waals surface area contributed by atoms with Gasteiger partial charge in [0.15, 0.2) is 0 Å². The number of aliphatic hydroxyl groups excluding tert-OH is 2. The van der Waals surface area contributed by atoms with Crippen LogP contribution in [0.4, 0.5) is 0 Å². The zero-order valence-corrected chi connectivity index (χ0v) is 8.45. The number of hydrogen-bond acceptors (Lipinski definition) is 5. The quantitative estimate of drug-likeness (QED) is 0.450. The van der Waals surface area contributed by atoms with Crippen molar-refractivity contribution in [1.29, 1.82) is 0 Å². The molecule has 0 aliphatic heterocycles. The van der Waals surface area contributed by atoms with Crippen molar-refractivity contribution in [3.8, 4) is 0 Å². The Labute approximate surface area is 82.7 Å². The topological polar surface area (TPSA) is 83.8 Å². The van der Waals surface area contributed by atoms with E-state index in [0.717, 1.165) is 0 Å². The largest absolute Gasteiger partial charge is 0.465 e. The van der Waals surface area contributed by atoms with Crippen LogP contribution in [0.15, 0.2) is 0 Å². The fraction of sp³-hybridized carbons (Fsp3) is 0.778. The van der Waals surface area contributed by atoms with Gasteiger partial charge in [0.1, 0.15) is 18.8 Å². The zero-order valence-electron chi connectivity index (χ0n) is 8.45. The number of hydrogen-bond donors (Lipinski definition) is 2. The maximum atomic E-state index is 10.9. The molecule has 0 aliphatic carbocycles. The Balaban J connectivity index is 3.92. The van der Waals surface area contributed by atoms with Crippen LogP contribution in [0.25, 0.3) is 0 Å². The van der Waals surface area contributed by atoms with Crippen LogP contribution in [-0.2, 0) is 14.3 Å². The Morgan fingerprint density at radius 1 is 1.29 bits per heavy atom. The van der Waals surface area contributed by atoms with Crippen molar-refractivity contribution in [1.82, 2.24) is 0 Å². The van der Waals surface area contributed by atoms with Gasteiger partial charge < -0.3 is 14.9 Å². The molecule has 0 aromatic carbocycles. The average Bonchev–Trinajstić information content (AvgIpc) is 2.13. The molecule has 0 atom stereocenters. The van der Waals surface area contributed by atoms with Crippen molar-refractivity contribution < 1.29 is 24.5 Å². The molecule has 0 saturated carbocycles. The minimum atomic E-state index is -0.841. The summed E-state index contributed by atoms with van der Waals surface area (Å²) in [5.41, 5.74) is -0.841. The normalized spacial score (nSPS) is 11.1. The molecule has 5 nitrogen and oxygen atoms in total. The lowest BCUT2D eigenvalue weighted by molar-refractivity contribution is -0.150. The first kappa shape index (κ1) is 13.1. The second kappa shape index (κ2) is 5.72. The van der Waals surface area contributed by atoms with Crippen LogP contribution >= 0.6 is 0 Å². The Hall–Kier alpha value is -0.940. The molecule has 0 rings (SSSR count). The van der Waals surface area contributed by atoms with Gasteiger partial charge in [-0.15, -0.1) is 0 Å². The van der Waals surface area contributed by atoms with Gasteiger partial charge in [-0.25, -0.2) is 0 Å². The Morgan fingerprint density at radius 3 is 2.14 bits per heavy atom. The first-order valence-electron chi connectivity index (χ1n) is 4.30. The molecule has 0 radical (unpaired) electrons. The molecule has 14 heavy (non-hydrogen) atoms. The van der Waals surface area contributed by atoms with E-state index in [2.05, 4.69) is 0 Å². The summed E-state index contributed by atoms with van der Waals surface area (Å²) >= 11 is 0. The Morgan fingerprint density at radius 2 is 1.79 bits per heavy atom. The third-order valence-corrected chi connectivity index (χ3v) is 1.74. The van der Waals surface area contributed by atoms with Gasteiger partial charge >= 0.3 is 5.97 Å². The second-order valence-corrected chi connectivity index (χ2v) is 3.67. The number of esters is 1. The number of ether oxygens (including phenoxy) is 1. The van der Waals surface area contributed by atoms with Gasteiger partial charge in [-0.05, 0) is 6.92 Å². The summed E-state index contributed by atoms with van der Waals surface area (Å²) in [5, 5.41) is 17.7. The van der Waals surface area contributed by atoms with E-state index in [4.69, 9.17) is 14.9 Å². The highest BCUT2D eigenvalue weighted by Crippen LogP contribution is 2.14. The zero-order chi connectivity index (χ0) is 11.2. The summed E-state index contributed by atoms with van der Waals surface area (Å²) < 4.78 is 4.72. The summed E-state index contributed by atoms with van der Waals surface area (Å²) in [5.74, 6) is -0.907. The number of carbonyl (C=O) groups excluding carboxylic acids is 2. The van der Waals surface area contributed by atoms with E-state index in [1.54, 1.807) is 6.92 Å². The molecular formula is C9H16O5. The fourth-order valence-corrected chi connectivity index (χ4v) is 0.650. The number of rotatable bonds is 6. The van der Waals surface area contributed by atoms with Crippen molar-refractivity contribution in [3.63, 3.8) is 0 Å². The highest BCUT2D eigenvalue weighted by atomic mass is 16.5. The van der Waals surface area contributed by atoms with Crippen molar-refractivity contribution >= 4 is 11.8 Å². The lowest BCUT2D eigenvalue weighted by Gasteiger charge is -2.23. The number of aliphatic hydroxyl groups is 2. The SMILES string of the molecule is CC(=O)CC(=O)OCC(C)(CO)CO. The third kappa shape index (κ3) is 4.94. The predicted molar refractivity (Wildman–Crippen MR) is 48.5 cm³/mol. The molecular weight excluding hydrogens is 188 g/mol. The van der Waals surface area contributed by atoms with Crippen LogP contribution in [0.2, 0.25) is 0 Å². The first-order chi connectivity index (χ1) is 6.43. The summed E-state index contributed by atoms with van der Waals surface area (Å²) in [6.45, 7) is 2.21. The van der Waals surface area contributed by atoms with Crippen LogP contribution in [0.5, 0.6) is 0 Å². The number of ketones is 1. The lowest BCUT2D eigenvalue weighted by atomic mass is 9.94. The minimum Gasteiger partial charge on any atom is -0.465 e. The lowest BCUT2D eigenvalue weighted by Crippen LogP contribution is -2.33. The van der Waals surface area contributed by atoms with E-state index in [1.165, 1.54) is 6.92 Å². The Bertz CT molecular complexity index is 207. The molecule has 0 fully saturated rings. The van der Waals surface area contributed by atoms with Crippen LogP contribution < -0.4 is 0 Å². The van der Waals surface area contributed by atoms with Gasteiger partial charge in [0.25, 0.3) is 0 Å². The smallest absolute Gasteiger partial charge is 0.313 e. The fourth-order valence-electron chi connectivity index (χ4n) is 0.650. The molecule has 0 aliphatic rings. The first-order valence-corrected chi connectivity index (χ1v) is 4.30. The third-order valence-electron chi connectivity index (χ3n) is 1.74. The van der Waals surface area contributed by atoms with Crippen molar-refractivity contribution in [2.75, 3.05) is 19.8 Å². The molecule has 0 aromatic heterocycles. The van der Waals surface area contributed by atoms with Crippen LogP contribution in [0.3, 0.4) is 0 Å². The predicted octanol–water partition coefficient (Wildman–Crippen LogP) is -0.500. The van der Waals surface area contributed by atoms with Gasteiger partial charge in [0.2, 0.25) is 0 Å².